The van der Waals surface area contributed by atoms with Gasteiger partial charge in [0.1, 0.15) is 11.6 Å². The Morgan fingerprint density at radius 1 is 1.00 bits per heavy atom. The number of aromatic nitrogens is 2. The predicted octanol–water partition coefficient (Wildman–Crippen LogP) is 5.15. The number of benzene rings is 1. The molecule has 0 spiro atoms. The zero-order valence-electron chi connectivity index (χ0n) is 19.3. The summed E-state index contributed by atoms with van der Waals surface area (Å²) in [5, 5.41) is 3.16. The van der Waals surface area contributed by atoms with E-state index < -0.39 is 0 Å². The van der Waals surface area contributed by atoms with Crippen molar-refractivity contribution in [3.05, 3.63) is 64.9 Å². The molecule has 1 aliphatic rings. The van der Waals surface area contributed by atoms with Crippen LogP contribution in [-0.2, 0) is 22.6 Å². The molecule has 3 heterocycles. The van der Waals surface area contributed by atoms with E-state index in [1.54, 1.807) is 18.4 Å². The van der Waals surface area contributed by atoms with Crippen LogP contribution in [0.3, 0.4) is 0 Å². The summed E-state index contributed by atoms with van der Waals surface area (Å²) >= 11 is 1.70. The van der Waals surface area contributed by atoms with Crippen molar-refractivity contribution in [2.24, 2.45) is 0 Å². The first-order valence-corrected chi connectivity index (χ1v) is 12.6. The number of methoxy groups -OCH3 is 1. The number of carbonyl (C=O) groups is 1. The highest BCUT2D eigenvalue weighted by Crippen LogP contribution is 2.30. The zero-order chi connectivity index (χ0) is 22.9. The van der Waals surface area contributed by atoms with E-state index in [1.165, 1.54) is 19.3 Å². The fraction of sp³-hybridized carbons (Fsp3) is 0.423. The monoisotopic (exact) mass is 464 g/mol. The Morgan fingerprint density at radius 2 is 1.79 bits per heavy atom. The van der Waals surface area contributed by atoms with Crippen LogP contribution in [0.4, 0.5) is 5.69 Å². The third kappa shape index (κ3) is 6.47. The molecule has 33 heavy (non-hydrogen) atoms. The summed E-state index contributed by atoms with van der Waals surface area (Å²) in [6.07, 6.45) is 11.2. The second kappa shape index (κ2) is 12.0. The molecule has 174 valence electrons. The molecule has 1 aromatic carbocycles. The van der Waals surface area contributed by atoms with E-state index >= 15 is 0 Å². The lowest BCUT2D eigenvalue weighted by atomic mass is 10.0. The number of carbonyl (C=O) groups excluding carboxylic acids is 1. The van der Waals surface area contributed by atoms with Crippen molar-refractivity contribution < 1.29 is 9.53 Å². The average Bonchev–Trinajstić information content (AvgIpc) is 3.34. The third-order valence-electron chi connectivity index (χ3n) is 6.05. The van der Waals surface area contributed by atoms with Crippen LogP contribution >= 0.6 is 11.3 Å². The SMILES string of the molecule is COCC(=O)N1CCCCCCCN(Cc2nccs2)Cc2cc(-c3ccncc3)ccc21. The van der Waals surface area contributed by atoms with Gasteiger partial charge in [-0.05, 0) is 60.3 Å². The minimum absolute atomic E-state index is 0.0129. The summed E-state index contributed by atoms with van der Waals surface area (Å²) < 4.78 is 5.21. The lowest BCUT2D eigenvalue weighted by Crippen LogP contribution is -2.36. The van der Waals surface area contributed by atoms with Crippen LogP contribution in [0, 0.1) is 0 Å². The van der Waals surface area contributed by atoms with Crippen molar-refractivity contribution >= 4 is 22.9 Å². The van der Waals surface area contributed by atoms with Crippen LogP contribution in [0.2, 0.25) is 0 Å². The highest BCUT2D eigenvalue weighted by atomic mass is 32.1. The maximum absolute atomic E-state index is 13.0. The van der Waals surface area contributed by atoms with Gasteiger partial charge in [0.25, 0.3) is 5.91 Å². The molecular formula is C26H32N4O2S. The van der Waals surface area contributed by atoms with E-state index in [0.717, 1.165) is 66.4 Å². The van der Waals surface area contributed by atoms with Crippen LogP contribution in [0.5, 0.6) is 0 Å². The smallest absolute Gasteiger partial charge is 0.252 e. The number of fused-ring (bicyclic) bond motifs is 1. The number of anilines is 1. The van der Waals surface area contributed by atoms with E-state index in [-0.39, 0.29) is 12.5 Å². The molecule has 0 radical (unpaired) electrons. The molecule has 7 heteroatoms. The lowest BCUT2D eigenvalue weighted by Gasteiger charge is -2.29. The van der Waals surface area contributed by atoms with E-state index in [9.17, 15) is 4.79 Å². The number of thiazole rings is 1. The molecule has 0 saturated carbocycles. The average molecular weight is 465 g/mol. The molecule has 0 N–H and O–H groups in total. The van der Waals surface area contributed by atoms with Gasteiger partial charge in [0, 0.05) is 49.9 Å². The topological polar surface area (TPSA) is 58.6 Å². The summed E-state index contributed by atoms with van der Waals surface area (Å²) in [6.45, 7) is 3.42. The van der Waals surface area contributed by atoms with Gasteiger partial charge in [-0.15, -0.1) is 11.3 Å². The van der Waals surface area contributed by atoms with Gasteiger partial charge in [-0.3, -0.25) is 14.7 Å². The Bertz CT molecular complexity index is 1010. The minimum atomic E-state index is 0.0129. The maximum atomic E-state index is 13.0. The largest absolute Gasteiger partial charge is 0.375 e. The standard InChI is InChI=1S/C26H32N4O2S/c1-32-20-26(31)30-15-6-4-2-3-5-14-29(19-25-28-13-16-33-25)18-23-17-22(7-8-24(23)30)21-9-11-27-12-10-21/h7-13,16-17H,2-6,14-15,18-20H2,1H3. The second-order valence-electron chi connectivity index (χ2n) is 8.46. The van der Waals surface area contributed by atoms with Gasteiger partial charge in [0.15, 0.2) is 0 Å². The van der Waals surface area contributed by atoms with E-state index in [2.05, 4.69) is 33.1 Å². The molecule has 0 unspecified atom stereocenters. The first-order chi connectivity index (χ1) is 16.2. The van der Waals surface area contributed by atoms with Crippen molar-refractivity contribution in [1.82, 2.24) is 14.9 Å². The predicted molar refractivity (Wildman–Crippen MR) is 133 cm³/mol. The number of rotatable bonds is 5. The summed E-state index contributed by atoms with van der Waals surface area (Å²) in [6, 6.07) is 10.5. The minimum Gasteiger partial charge on any atom is -0.375 e. The highest BCUT2D eigenvalue weighted by Gasteiger charge is 2.21. The fourth-order valence-electron chi connectivity index (χ4n) is 4.39. The number of amides is 1. The summed E-state index contributed by atoms with van der Waals surface area (Å²) in [4.78, 5) is 26.1. The normalized spacial score (nSPS) is 16.0. The van der Waals surface area contributed by atoms with Gasteiger partial charge in [-0.2, -0.15) is 0 Å². The van der Waals surface area contributed by atoms with Crippen LogP contribution in [0.1, 0.15) is 42.7 Å². The van der Waals surface area contributed by atoms with Crippen molar-refractivity contribution in [3.63, 3.8) is 0 Å². The van der Waals surface area contributed by atoms with Crippen LogP contribution in [0.15, 0.2) is 54.3 Å². The van der Waals surface area contributed by atoms with Crippen molar-refractivity contribution in [2.75, 3.05) is 31.7 Å². The van der Waals surface area contributed by atoms with E-state index in [1.807, 2.05) is 41.0 Å². The van der Waals surface area contributed by atoms with Gasteiger partial charge in [-0.25, -0.2) is 4.98 Å². The number of hydrogen-bond donors (Lipinski definition) is 0. The van der Waals surface area contributed by atoms with Gasteiger partial charge in [0.2, 0.25) is 0 Å². The Kier molecular flexibility index (Phi) is 8.58. The maximum Gasteiger partial charge on any atom is 0.252 e. The first kappa shape index (κ1) is 23.5. The molecule has 0 saturated heterocycles. The molecule has 1 amide bonds. The summed E-state index contributed by atoms with van der Waals surface area (Å²) in [5.41, 5.74) is 4.40. The molecule has 0 atom stereocenters. The van der Waals surface area contributed by atoms with Crippen molar-refractivity contribution in [1.29, 1.82) is 0 Å². The molecule has 6 nitrogen and oxygen atoms in total. The third-order valence-corrected chi connectivity index (χ3v) is 6.81. The van der Waals surface area contributed by atoms with Gasteiger partial charge >= 0.3 is 0 Å². The van der Waals surface area contributed by atoms with Crippen LogP contribution in [-0.4, -0.2) is 47.6 Å². The molecule has 0 bridgehead atoms. The molecular weight excluding hydrogens is 432 g/mol. The summed E-state index contributed by atoms with van der Waals surface area (Å²) in [7, 11) is 1.58. The van der Waals surface area contributed by atoms with Gasteiger partial charge in [-0.1, -0.05) is 25.3 Å². The first-order valence-electron chi connectivity index (χ1n) is 11.7. The molecule has 0 aliphatic carbocycles. The van der Waals surface area contributed by atoms with Crippen LogP contribution in [0.25, 0.3) is 11.1 Å². The number of hydrogen-bond acceptors (Lipinski definition) is 6. The van der Waals surface area contributed by atoms with E-state index in [4.69, 9.17) is 4.74 Å². The molecule has 2 aromatic heterocycles. The Morgan fingerprint density at radius 3 is 2.55 bits per heavy atom. The van der Waals surface area contributed by atoms with Crippen molar-refractivity contribution in [2.45, 2.75) is 45.2 Å². The Hall–Kier alpha value is -2.61. The number of ether oxygens (including phenoxy) is 1. The molecule has 0 fully saturated rings. The van der Waals surface area contributed by atoms with Gasteiger partial charge in [0.05, 0.1) is 6.54 Å². The second-order valence-corrected chi connectivity index (χ2v) is 9.44. The number of pyridine rings is 1. The Balaban J connectivity index is 1.73. The van der Waals surface area contributed by atoms with Crippen molar-refractivity contribution in [3.8, 4) is 11.1 Å². The zero-order valence-corrected chi connectivity index (χ0v) is 20.1. The summed E-state index contributed by atoms with van der Waals surface area (Å²) in [5.74, 6) is 0.0129. The van der Waals surface area contributed by atoms with Crippen LogP contribution < -0.4 is 4.90 Å². The Labute approximate surface area is 200 Å². The number of nitrogens with zero attached hydrogens (tertiary/aromatic N) is 4. The quantitative estimate of drug-likeness (QED) is 0.523. The molecule has 3 aromatic rings. The highest BCUT2D eigenvalue weighted by molar-refractivity contribution is 7.09. The van der Waals surface area contributed by atoms with Gasteiger partial charge < -0.3 is 9.64 Å². The molecule has 4 rings (SSSR count). The molecule has 1 aliphatic heterocycles. The fourth-order valence-corrected chi connectivity index (χ4v) is 5.05. The van der Waals surface area contributed by atoms with E-state index in [0.29, 0.717) is 0 Å². The lowest BCUT2D eigenvalue weighted by molar-refractivity contribution is -0.122.